The number of amides is 1. The normalized spacial score (nSPS) is 10.8. The van der Waals surface area contributed by atoms with Crippen molar-refractivity contribution in [2.24, 2.45) is 0 Å². The molecule has 0 fully saturated rings. The van der Waals surface area contributed by atoms with Gasteiger partial charge in [-0.25, -0.2) is 4.79 Å². The first-order chi connectivity index (χ1) is 10.9. The van der Waals surface area contributed by atoms with Crippen LogP contribution >= 0.6 is 22.9 Å². The molecule has 4 nitrogen and oxygen atoms in total. The first-order valence-electron chi connectivity index (χ1n) is 6.85. The lowest BCUT2D eigenvalue weighted by atomic mass is 10.1. The summed E-state index contributed by atoms with van der Waals surface area (Å²) in [5.41, 5.74) is 2.04. The molecule has 0 bridgehead atoms. The summed E-state index contributed by atoms with van der Waals surface area (Å²) < 4.78 is 4.78. The first kappa shape index (κ1) is 17.2. The Morgan fingerprint density at radius 3 is 2.70 bits per heavy atom. The summed E-state index contributed by atoms with van der Waals surface area (Å²) in [6.07, 6.45) is 3.06. The van der Waals surface area contributed by atoms with Crippen molar-refractivity contribution >= 4 is 45.9 Å². The molecule has 0 atom stereocenters. The minimum Gasteiger partial charge on any atom is -0.465 e. The van der Waals surface area contributed by atoms with E-state index in [0.29, 0.717) is 15.6 Å². The van der Waals surface area contributed by atoms with Gasteiger partial charge in [0, 0.05) is 16.0 Å². The summed E-state index contributed by atoms with van der Waals surface area (Å²) >= 11 is 7.25. The number of benzene rings is 1. The Bertz CT molecular complexity index is 780. The first-order valence-corrected chi connectivity index (χ1v) is 8.04. The number of esters is 1. The van der Waals surface area contributed by atoms with Crippen LogP contribution in [0.1, 0.15) is 26.4 Å². The van der Waals surface area contributed by atoms with E-state index in [9.17, 15) is 9.59 Å². The van der Waals surface area contributed by atoms with Crippen LogP contribution < -0.4 is 5.32 Å². The lowest BCUT2D eigenvalue weighted by molar-refractivity contribution is -0.111. The van der Waals surface area contributed by atoms with Crippen LogP contribution in [0.15, 0.2) is 30.3 Å². The van der Waals surface area contributed by atoms with Gasteiger partial charge in [-0.15, -0.1) is 11.3 Å². The highest BCUT2D eigenvalue weighted by Gasteiger charge is 2.20. The van der Waals surface area contributed by atoms with E-state index in [0.717, 1.165) is 16.0 Å². The zero-order valence-electron chi connectivity index (χ0n) is 13.0. The number of methoxy groups -OCH3 is 1. The SMILES string of the molecule is COC(=O)c1c(NC(=O)/C=C/c2cccc(Cl)c2)sc(C)c1C. The van der Waals surface area contributed by atoms with Gasteiger partial charge in [0.05, 0.1) is 12.7 Å². The zero-order chi connectivity index (χ0) is 17.0. The molecule has 1 aromatic carbocycles. The maximum Gasteiger partial charge on any atom is 0.341 e. The number of nitrogens with one attached hydrogen (secondary N) is 1. The summed E-state index contributed by atoms with van der Waals surface area (Å²) in [6.45, 7) is 3.72. The Labute approximate surface area is 143 Å². The second-order valence-corrected chi connectivity index (χ2v) is 6.52. The molecule has 0 saturated carbocycles. The van der Waals surface area contributed by atoms with Gasteiger partial charge in [0.15, 0.2) is 0 Å². The van der Waals surface area contributed by atoms with E-state index in [4.69, 9.17) is 16.3 Å². The summed E-state index contributed by atoms with van der Waals surface area (Å²) in [5, 5.41) is 3.83. The Kier molecular flexibility index (Phi) is 5.58. The van der Waals surface area contributed by atoms with Crippen LogP contribution in [-0.4, -0.2) is 19.0 Å². The predicted molar refractivity (Wildman–Crippen MR) is 94.2 cm³/mol. The van der Waals surface area contributed by atoms with Crippen molar-refractivity contribution in [3.63, 3.8) is 0 Å². The van der Waals surface area contributed by atoms with Gasteiger partial charge in [-0.2, -0.15) is 0 Å². The quantitative estimate of drug-likeness (QED) is 0.655. The third kappa shape index (κ3) is 4.21. The van der Waals surface area contributed by atoms with E-state index < -0.39 is 5.97 Å². The number of carbonyl (C=O) groups excluding carboxylic acids is 2. The smallest absolute Gasteiger partial charge is 0.341 e. The van der Waals surface area contributed by atoms with E-state index in [-0.39, 0.29) is 5.91 Å². The number of halogens is 1. The number of aryl methyl sites for hydroxylation is 1. The van der Waals surface area contributed by atoms with E-state index >= 15 is 0 Å². The third-order valence-corrected chi connectivity index (χ3v) is 4.65. The fourth-order valence-electron chi connectivity index (χ4n) is 2.00. The molecule has 0 radical (unpaired) electrons. The number of thiophene rings is 1. The van der Waals surface area contributed by atoms with Crippen molar-refractivity contribution in [3.05, 3.63) is 56.9 Å². The van der Waals surface area contributed by atoms with Crippen molar-refractivity contribution < 1.29 is 14.3 Å². The molecule has 2 rings (SSSR count). The fraction of sp³-hybridized carbons (Fsp3) is 0.176. The molecular weight excluding hydrogens is 334 g/mol. The summed E-state index contributed by atoms with van der Waals surface area (Å²) in [7, 11) is 1.32. The van der Waals surface area contributed by atoms with Crippen molar-refractivity contribution in [2.75, 3.05) is 12.4 Å². The van der Waals surface area contributed by atoms with Gasteiger partial charge in [0.25, 0.3) is 0 Å². The van der Waals surface area contributed by atoms with Crippen molar-refractivity contribution in [1.29, 1.82) is 0 Å². The zero-order valence-corrected chi connectivity index (χ0v) is 14.5. The minimum atomic E-state index is -0.457. The molecule has 23 heavy (non-hydrogen) atoms. The van der Waals surface area contributed by atoms with Crippen LogP contribution in [-0.2, 0) is 9.53 Å². The van der Waals surface area contributed by atoms with Gasteiger partial charge in [-0.1, -0.05) is 23.7 Å². The van der Waals surface area contributed by atoms with Crippen LogP contribution in [0, 0.1) is 13.8 Å². The standard InChI is InChI=1S/C17H16ClNO3S/c1-10-11(2)23-16(15(10)17(21)22-3)19-14(20)8-7-12-5-4-6-13(18)9-12/h4-9H,1-3H3,(H,19,20)/b8-7+. The van der Waals surface area contributed by atoms with Crippen molar-refractivity contribution in [2.45, 2.75) is 13.8 Å². The molecule has 0 unspecified atom stereocenters. The van der Waals surface area contributed by atoms with Gasteiger partial charge in [0.1, 0.15) is 5.00 Å². The van der Waals surface area contributed by atoms with Crippen LogP contribution in [0.4, 0.5) is 5.00 Å². The van der Waals surface area contributed by atoms with E-state index in [1.54, 1.807) is 24.3 Å². The van der Waals surface area contributed by atoms with Crippen LogP contribution in [0.2, 0.25) is 5.02 Å². The second kappa shape index (κ2) is 7.44. The lowest BCUT2D eigenvalue weighted by Gasteiger charge is -2.04. The van der Waals surface area contributed by atoms with E-state index in [2.05, 4.69) is 5.32 Å². The number of anilines is 1. The number of carbonyl (C=O) groups is 2. The molecule has 6 heteroatoms. The average Bonchev–Trinajstić information content (AvgIpc) is 2.79. The predicted octanol–water partition coefficient (Wildman–Crippen LogP) is 4.46. The molecule has 1 aromatic heterocycles. The summed E-state index contributed by atoms with van der Waals surface area (Å²) in [6, 6.07) is 7.17. The molecule has 2 aromatic rings. The monoisotopic (exact) mass is 349 g/mol. The largest absolute Gasteiger partial charge is 0.465 e. The molecule has 0 spiro atoms. The van der Waals surface area contributed by atoms with Gasteiger partial charge >= 0.3 is 5.97 Å². The highest BCUT2D eigenvalue weighted by atomic mass is 35.5. The number of ether oxygens (including phenoxy) is 1. The number of hydrogen-bond acceptors (Lipinski definition) is 4. The lowest BCUT2D eigenvalue weighted by Crippen LogP contribution is -2.11. The van der Waals surface area contributed by atoms with Gasteiger partial charge in [-0.05, 0) is 43.2 Å². The Hall–Kier alpha value is -2.11. The average molecular weight is 350 g/mol. The Morgan fingerprint density at radius 1 is 1.30 bits per heavy atom. The van der Waals surface area contributed by atoms with Gasteiger partial charge in [0.2, 0.25) is 5.91 Å². The molecule has 1 amide bonds. The molecule has 120 valence electrons. The summed E-state index contributed by atoms with van der Waals surface area (Å²) in [4.78, 5) is 24.9. The Balaban J connectivity index is 2.18. The molecule has 0 aliphatic heterocycles. The van der Waals surface area contributed by atoms with Crippen molar-refractivity contribution in [3.8, 4) is 0 Å². The Morgan fingerprint density at radius 2 is 2.04 bits per heavy atom. The molecule has 1 heterocycles. The number of hydrogen-bond donors (Lipinski definition) is 1. The highest BCUT2D eigenvalue weighted by molar-refractivity contribution is 7.16. The van der Waals surface area contributed by atoms with Crippen LogP contribution in [0.5, 0.6) is 0 Å². The third-order valence-electron chi connectivity index (χ3n) is 3.29. The van der Waals surface area contributed by atoms with Crippen LogP contribution in [0.25, 0.3) is 6.08 Å². The maximum absolute atomic E-state index is 12.1. The van der Waals surface area contributed by atoms with E-state index in [1.807, 2.05) is 19.9 Å². The number of rotatable bonds is 4. The molecule has 0 saturated heterocycles. The second-order valence-electron chi connectivity index (χ2n) is 4.86. The van der Waals surface area contributed by atoms with Crippen LogP contribution in [0.3, 0.4) is 0 Å². The van der Waals surface area contributed by atoms with E-state index in [1.165, 1.54) is 24.5 Å². The molecule has 1 N–H and O–H groups in total. The fourth-order valence-corrected chi connectivity index (χ4v) is 3.25. The highest BCUT2D eigenvalue weighted by Crippen LogP contribution is 2.32. The molecule has 0 aliphatic rings. The maximum atomic E-state index is 12.1. The van der Waals surface area contributed by atoms with Crippen molar-refractivity contribution in [1.82, 2.24) is 0 Å². The molecular formula is C17H16ClNO3S. The summed E-state index contributed by atoms with van der Waals surface area (Å²) in [5.74, 6) is -0.780. The van der Waals surface area contributed by atoms with Gasteiger partial charge in [-0.3, -0.25) is 4.79 Å². The topological polar surface area (TPSA) is 55.4 Å². The molecule has 0 aliphatic carbocycles. The minimum absolute atomic E-state index is 0.323. The van der Waals surface area contributed by atoms with Gasteiger partial charge < -0.3 is 10.1 Å².